The molecular formula is C20H17FN2O. The number of nitrogens with zero attached hydrogens (tertiary/aromatic N) is 1. The van der Waals surface area contributed by atoms with Gasteiger partial charge in [-0.1, -0.05) is 43.8 Å². The van der Waals surface area contributed by atoms with E-state index in [9.17, 15) is 9.18 Å². The van der Waals surface area contributed by atoms with Crippen molar-refractivity contribution in [2.24, 2.45) is 0 Å². The van der Waals surface area contributed by atoms with Gasteiger partial charge in [-0.05, 0) is 35.6 Å². The van der Waals surface area contributed by atoms with Crippen LogP contribution < -0.4 is 5.32 Å². The van der Waals surface area contributed by atoms with Crippen LogP contribution in [-0.2, 0) is 11.2 Å². The summed E-state index contributed by atoms with van der Waals surface area (Å²) in [6.07, 6.45) is 2.66. The van der Waals surface area contributed by atoms with Crippen LogP contribution in [0.15, 0.2) is 67.1 Å². The molecule has 0 spiro atoms. The standard InChI is InChI=1S/C20H17FN2O/c1-3-14-6-4-5-7-17(14)19-18-9-8-16(23-20(24)13(2)21)12-15(18)10-11-22-19/h4-12H,2-3H2,1H3,(H,23,24). The Morgan fingerprint density at radius 3 is 2.75 bits per heavy atom. The van der Waals surface area contributed by atoms with Crippen LogP contribution in [0.1, 0.15) is 12.5 Å². The number of fused-ring (bicyclic) bond motifs is 1. The van der Waals surface area contributed by atoms with E-state index in [0.29, 0.717) is 5.69 Å². The van der Waals surface area contributed by atoms with Gasteiger partial charge in [-0.2, -0.15) is 0 Å². The van der Waals surface area contributed by atoms with Crippen LogP contribution in [-0.4, -0.2) is 10.9 Å². The van der Waals surface area contributed by atoms with E-state index in [1.807, 2.05) is 24.3 Å². The lowest BCUT2D eigenvalue weighted by atomic mass is 9.98. The van der Waals surface area contributed by atoms with Crippen LogP contribution in [0.5, 0.6) is 0 Å². The number of benzene rings is 2. The summed E-state index contributed by atoms with van der Waals surface area (Å²) in [5, 5.41) is 4.39. The average Bonchev–Trinajstić information content (AvgIpc) is 2.60. The van der Waals surface area contributed by atoms with Gasteiger partial charge in [0.1, 0.15) is 0 Å². The molecule has 0 aliphatic carbocycles. The summed E-state index contributed by atoms with van der Waals surface area (Å²) >= 11 is 0. The molecule has 1 heterocycles. The van der Waals surface area contributed by atoms with Gasteiger partial charge in [0.05, 0.1) is 5.69 Å². The number of pyridine rings is 1. The summed E-state index contributed by atoms with van der Waals surface area (Å²) in [5.41, 5.74) is 3.74. The summed E-state index contributed by atoms with van der Waals surface area (Å²) < 4.78 is 12.8. The molecule has 4 heteroatoms. The highest BCUT2D eigenvalue weighted by Gasteiger charge is 2.11. The summed E-state index contributed by atoms with van der Waals surface area (Å²) in [4.78, 5) is 16.0. The maximum Gasteiger partial charge on any atom is 0.283 e. The zero-order chi connectivity index (χ0) is 17.1. The number of hydrogen-bond donors (Lipinski definition) is 1. The Hall–Kier alpha value is -3.01. The molecule has 2 aromatic carbocycles. The maximum atomic E-state index is 12.8. The van der Waals surface area contributed by atoms with E-state index >= 15 is 0 Å². The molecule has 0 aliphatic heterocycles. The first-order valence-electron chi connectivity index (χ1n) is 7.73. The monoisotopic (exact) mass is 320 g/mol. The number of halogens is 1. The van der Waals surface area contributed by atoms with Gasteiger partial charge < -0.3 is 5.32 Å². The largest absolute Gasteiger partial charge is 0.320 e. The Kier molecular flexibility index (Phi) is 4.38. The normalized spacial score (nSPS) is 10.6. The fourth-order valence-electron chi connectivity index (χ4n) is 2.73. The van der Waals surface area contributed by atoms with E-state index in [-0.39, 0.29) is 0 Å². The highest BCUT2D eigenvalue weighted by Crippen LogP contribution is 2.30. The topological polar surface area (TPSA) is 42.0 Å². The molecule has 3 rings (SSSR count). The van der Waals surface area contributed by atoms with E-state index in [1.165, 1.54) is 5.56 Å². The first kappa shape index (κ1) is 15.9. The number of carbonyl (C=O) groups is 1. The van der Waals surface area contributed by atoms with Gasteiger partial charge in [-0.3, -0.25) is 9.78 Å². The van der Waals surface area contributed by atoms with Crippen LogP contribution in [0, 0.1) is 0 Å². The number of aromatic nitrogens is 1. The average molecular weight is 320 g/mol. The smallest absolute Gasteiger partial charge is 0.283 e. The molecule has 1 amide bonds. The Morgan fingerprint density at radius 2 is 2.00 bits per heavy atom. The summed E-state index contributed by atoms with van der Waals surface area (Å²) in [6, 6.07) is 15.5. The lowest BCUT2D eigenvalue weighted by Gasteiger charge is -2.11. The fourth-order valence-corrected chi connectivity index (χ4v) is 2.73. The first-order valence-corrected chi connectivity index (χ1v) is 7.73. The molecule has 120 valence electrons. The van der Waals surface area contributed by atoms with E-state index in [1.54, 1.807) is 18.3 Å². The molecule has 3 aromatic rings. The Balaban J connectivity index is 2.09. The molecule has 0 unspecified atom stereocenters. The van der Waals surface area contributed by atoms with Crippen molar-refractivity contribution in [1.29, 1.82) is 0 Å². The molecular weight excluding hydrogens is 303 g/mol. The van der Waals surface area contributed by atoms with Gasteiger partial charge >= 0.3 is 0 Å². The predicted molar refractivity (Wildman–Crippen MR) is 95.4 cm³/mol. The third-order valence-corrected chi connectivity index (χ3v) is 3.92. The van der Waals surface area contributed by atoms with E-state index in [4.69, 9.17) is 0 Å². The molecule has 0 saturated carbocycles. The van der Waals surface area contributed by atoms with Crippen molar-refractivity contribution in [2.45, 2.75) is 13.3 Å². The van der Waals surface area contributed by atoms with Crippen LogP contribution in [0.2, 0.25) is 0 Å². The maximum absolute atomic E-state index is 12.8. The Morgan fingerprint density at radius 1 is 1.21 bits per heavy atom. The third kappa shape index (κ3) is 3.04. The minimum atomic E-state index is -1.01. The molecule has 0 aliphatic rings. The second-order valence-electron chi connectivity index (χ2n) is 5.47. The Bertz CT molecular complexity index is 934. The number of aryl methyl sites for hydroxylation is 1. The predicted octanol–water partition coefficient (Wildman–Crippen LogP) is 4.89. The second-order valence-corrected chi connectivity index (χ2v) is 5.47. The zero-order valence-electron chi connectivity index (χ0n) is 13.3. The molecule has 0 fully saturated rings. The lowest BCUT2D eigenvalue weighted by molar-refractivity contribution is -0.114. The molecule has 0 saturated heterocycles. The SMILES string of the molecule is C=C(F)C(=O)Nc1ccc2c(-c3ccccc3CC)nccc2c1. The minimum Gasteiger partial charge on any atom is -0.320 e. The highest BCUT2D eigenvalue weighted by molar-refractivity contribution is 6.04. The van der Waals surface area contributed by atoms with Gasteiger partial charge in [0.2, 0.25) is 0 Å². The number of rotatable bonds is 4. The van der Waals surface area contributed by atoms with Gasteiger partial charge in [-0.15, -0.1) is 0 Å². The van der Waals surface area contributed by atoms with Crippen LogP contribution in [0.3, 0.4) is 0 Å². The quantitative estimate of drug-likeness (QED) is 0.696. The van der Waals surface area contributed by atoms with Crippen molar-refractivity contribution in [1.82, 2.24) is 4.98 Å². The van der Waals surface area contributed by atoms with Gasteiger partial charge in [-0.25, -0.2) is 4.39 Å². The number of nitrogens with one attached hydrogen (secondary N) is 1. The summed E-state index contributed by atoms with van der Waals surface area (Å²) in [5.74, 6) is -1.85. The fraction of sp³-hybridized carbons (Fsp3) is 0.100. The number of hydrogen-bond acceptors (Lipinski definition) is 2. The molecule has 0 bridgehead atoms. The van der Waals surface area contributed by atoms with Crippen molar-refractivity contribution >= 4 is 22.4 Å². The zero-order valence-corrected chi connectivity index (χ0v) is 13.3. The molecule has 3 nitrogen and oxygen atoms in total. The van der Waals surface area contributed by atoms with Gasteiger partial charge in [0.25, 0.3) is 5.91 Å². The first-order chi connectivity index (χ1) is 11.6. The summed E-state index contributed by atoms with van der Waals surface area (Å²) in [7, 11) is 0. The van der Waals surface area contributed by atoms with Crippen molar-refractivity contribution in [3.63, 3.8) is 0 Å². The number of anilines is 1. The van der Waals surface area contributed by atoms with Crippen LogP contribution in [0.25, 0.3) is 22.0 Å². The molecule has 1 aromatic heterocycles. The van der Waals surface area contributed by atoms with Crippen molar-refractivity contribution < 1.29 is 9.18 Å². The van der Waals surface area contributed by atoms with E-state index in [2.05, 4.69) is 35.9 Å². The minimum absolute atomic E-state index is 0.521. The van der Waals surface area contributed by atoms with Gasteiger partial charge in [0, 0.05) is 22.8 Å². The third-order valence-electron chi connectivity index (χ3n) is 3.92. The van der Waals surface area contributed by atoms with Crippen molar-refractivity contribution in [3.05, 3.63) is 72.7 Å². The van der Waals surface area contributed by atoms with E-state index in [0.717, 1.165) is 28.5 Å². The summed E-state index contributed by atoms with van der Waals surface area (Å²) in [6.45, 7) is 5.11. The van der Waals surface area contributed by atoms with Crippen molar-refractivity contribution in [2.75, 3.05) is 5.32 Å². The second kappa shape index (κ2) is 6.62. The molecule has 24 heavy (non-hydrogen) atoms. The van der Waals surface area contributed by atoms with Gasteiger partial charge in [0.15, 0.2) is 5.83 Å². The van der Waals surface area contributed by atoms with Crippen LogP contribution >= 0.6 is 0 Å². The molecule has 1 N–H and O–H groups in total. The number of carbonyl (C=O) groups excluding carboxylic acids is 1. The molecule has 0 radical (unpaired) electrons. The van der Waals surface area contributed by atoms with E-state index < -0.39 is 11.7 Å². The Labute approximate surface area is 139 Å². The molecule has 0 atom stereocenters. The van der Waals surface area contributed by atoms with Crippen molar-refractivity contribution in [3.8, 4) is 11.3 Å². The lowest BCUT2D eigenvalue weighted by Crippen LogP contribution is -2.10. The highest BCUT2D eigenvalue weighted by atomic mass is 19.1. The van der Waals surface area contributed by atoms with Crippen LogP contribution in [0.4, 0.5) is 10.1 Å². The number of amides is 1.